The van der Waals surface area contributed by atoms with Crippen LogP contribution in [0.25, 0.3) is 0 Å². The molecule has 0 bridgehead atoms. The van der Waals surface area contributed by atoms with E-state index >= 15 is 0 Å². The van der Waals surface area contributed by atoms with Crippen LogP contribution in [0.15, 0.2) is 48.5 Å². The number of ether oxygens (including phenoxy) is 2. The molecule has 3 amide bonds. The van der Waals surface area contributed by atoms with Crippen LogP contribution in [0.5, 0.6) is 11.5 Å². The van der Waals surface area contributed by atoms with Gasteiger partial charge in [-0.1, -0.05) is 30.3 Å². The smallest absolute Gasteiger partial charge is 0.243 e. The quantitative estimate of drug-likeness (QED) is 0.641. The normalized spacial score (nSPS) is 12.0. The van der Waals surface area contributed by atoms with Crippen molar-refractivity contribution in [3.8, 4) is 11.5 Å². The molecule has 0 fully saturated rings. The molecule has 2 aromatic rings. The number of hydrogen-bond acceptors (Lipinski definition) is 5. The molecule has 0 atom stereocenters. The van der Waals surface area contributed by atoms with Gasteiger partial charge in [-0.15, -0.1) is 0 Å². The van der Waals surface area contributed by atoms with E-state index in [1.807, 2.05) is 37.3 Å². The Kier molecular flexibility index (Phi) is 7.86. The summed E-state index contributed by atoms with van der Waals surface area (Å²) in [6.07, 6.45) is 0.399. The predicted octanol–water partition coefficient (Wildman–Crippen LogP) is 1.99. The molecule has 2 aromatic carbocycles. The van der Waals surface area contributed by atoms with Crippen LogP contribution >= 0.6 is 0 Å². The average molecular weight is 425 g/mol. The monoisotopic (exact) mass is 425 g/mol. The first-order valence-corrected chi connectivity index (χ1v) is 10.3. The van der Waals surface area contributed by atoms with E-state index in [-0.39, 0.29) is 43.7 Å². The zero-order valence-corrected chi connectivity index (χ0v) is 17.6. The highest BCUT2D eigenvalue weighted by Gasteiger charge is 2.17. The van der Waals surface area contributed by atoms with Crippen LogP contribution in [-0.2, 0) is 20.8 Å². The van der Waals surface area contributed by atoms with Crippen LogP contribution in [0.2, 0.25) is 0 Å². The Labute approximate surface area is 181 Å². The van der Waals surface area contributed by atoms with Crippen LogP contribution in [-0.4, -0.2) is 55.5 Å². The van der Waals surface area contributed by atoms with Crippen molar-refractivity contribution in [2.75, 3.05) is 38.2 Å². The molecule has 8 heteroatoms. The van der Waals surface area contributed by atoms with Gasteiger partial charge in [0.1, 0.15) is 13.2 Å². The minimum absolute atomic E-state index is 0.0677. The van der Waals surface area contributed by atoms with Crippen LogP contribution in [0.1, 0.15) is 18.9 Å². The van der Waals surface area contributed by atoms with E-state index < -0.39 is 0 Å². The number of carbonyl (C=O) groups is 3. The molecular formula is C23H27N3O5. The summed E-state index contributed by atoms with van der Waals surface area (Å²) in [6.45, 7) is 3.32. The maximum Gasteiger partial charge on any atom is 0.243 e. The third kappa shape index (κ3) is 6.74. The van der Waals surface area contributed by atoms with Gasteiger partial charge in [0.25, 0.3) is 0 Å². The second-order valence-electron chi connectivity index (χ2n) is 7.08. The average Bonchev–Trinajstić information content (AvgIpc) is 2.78. The van der Waals surface area contributed by atoms with E-state index in [0.717, 1.165) is 5.56 Å². The fourth-order valence-corrected chi connectivity index (χ4v) is 3.18. The number of fused-ring (bicyclic) bond motifs is 1. The highest BCUT2D eigenvalue weighted by atomic mass is 16.6. The molecule has 0 spiro atoms. The van der Waals surface area contributed by atoms with Crippen molar-refractivity contribution in [3.05, 3.63) is 54.1 Å². The van der Waals surface area contributed by atoms with Gasteiger partial charge in [-0.25, -0.2) is 0 Å². The highest BCUT2D eigenvalue weighted by molar-refractivity contribution is 5.95. The Morgan fingerprint density at radius 1 is 0.968 bits per heavy atom. The van der Waals surface area contributed by atoms with Gasteiger partial charge in [0.2, 0.25) is 17.7 Å². The van der Waals surface area contributed by atoms with Gasteiger partial charge in [-0.3, -0.25) is 14.4 Å². The molecule has 2 N–H and O–H groups in total. The highest BCUT2D eigenvalue weighted by Crippen LogP contribution is 2.32. The number of amides is 3. The van der Waals surface area contributed by atoms with Gasteiger partial charge in [0, 0.05) is 31.3 Å². The van der Waals surface area contributed by atoms with E-state index in [0.29, 0.717) is 36.9 Å². The maximum absolute atomic E-state index is 12.5. The molecule has 0 aliphatic carbocycles. The summed E-state index contributed by atoms with van der Waals surface area (Å²) in [6, 6.07) is 14.6. The van der Waals surface area contributed by atoms with Gasteiger partial charge in [-0.2, -0.15) is 0 Å². The van der Waals surface area contributed by atoms with Crippen LogP contribution in [0.3, 0.4) is 0 Å². The second kappa shape index (κ2) is 11.0. The van der Waals surface area contributed by atoms with Crippen molar-refractivity contribution in [3.63, 3.8) is 0 Å². The van der Waals surface area contributed by atoms with Crippen LogP contribution < -0.4 is 20.1 Å². The van der Waals surface area contributed by atoms with Crippen LogP contribution in [0, 0.1) is 0 Å². The number of hydrogen-bond donors (Lipinski definition) is 2. The molecule has 8 nitrogen and oxygen atoms in total. The third-order valence-electron chi connectivity index (χ3n) is 4.76. The van der Waals surface area contributed by atoms with Gasteiger partial charge in [0.15, 0.2) is 11.5 Å². The molecule has 1 aliphatic rings. The Bertz CT molecular complexity index is 917. The first kappa shape index (κ1) is 22.1. The Morgan fingerprint density at radius 3 is 2.45 bits per heavy atom. The lowest BCUT2D eigenvalue weighted by Crippen LogP contribution is -2.39. The zero-order chi connectivity index (χ0) is 22.1. The Hall–Kier alpha value is -3.55. The summed E-state index contributed by atoms with van der Waals surface area (Å²) in [4.78, 5) is 38.3. The zero-order valence-electron chi connectivity index (χ0n) is 17.6. The molecule has 1 aliphatic heterocycles. The van der Waals surface area contributed by atoms with Crippen molar-refractivity contribution in [1.82, 2.24) is 10.2 Å². The summed E-state index contributed by atoms with van der Waals surface area (Å²) in [7, 11) is 0. The van der Waals surface area contributed by atoms with E-state index in [9.17, 15) is 14.4 Å². The minimum Gasteiger partial charge on any atom is -0.486 e. The van der Waals surface area contributed by atoms with Crippen molar-refractivity contribution < 1.29 is 23.9 Å². The molecule has 3 rings (SSSR count). The molecule has 0 saturated heterocycles. The summed E-state index contributed by atoms with van der Waals surface area (Å²) < 4.78 is 11.0. The number of likely N-dealkylation sites (N-methyl/N-ethyl adjacent to an activating group) is 1. The molecular weight excluding hydrogens is 398 g/mol. The van der Waals surface area contributed by atoms with Gasteiger partial charge in [0.05, 0.1) is 13.0 Å². The SMILES string of the molecule is CCN(CC(=O)Nc1ccc2c(c1)OCCO2)C(=O)CCNC(=O)Cc1ccccc1. The maximum atomic E-state index is 12.5. The lowest BCUT2D eigenvalue weighted by Gasteiger charge is -2.21. The molecule has 164 valence electrons. The van der Waals surface area contributed by atoms with E-state index in [2.05, 4.69) is 10.6 Å². The summed E-state index contributed by atoms with van der Waals surface area (Å²) >= 11 is 0. The minimum atomic E-state index is -0.306. The number of benzene rings is 2. The molecule has 0 aromatic heterocycles. The van der Waals surface area contributed by atoms with Gasteiger partial charge in [-0.05, 0) is 24.6 Å². The molecule has 0 saturated carbocycles. The number of carbonyl (C=O) groups excluding carboxylic acids is 3. The Morgan fingerprint density at radius 2 is 1.71 bits per heavy atom. The first-order valence-electron chi connectivity index (χ1n) is 10.3. The van der Waals surface area contributed by atoms with Crippen molar-refractivity contribution >= 4 is 23.4 Å². The second-order valence-corrected chi connectivity index (χ2v) is 7.08. The van der Waals surface area contributed by atoms with Crippen molar-refractivity contribution in [2.45, 2.75) is 19.8 Å². The standard InChI is InChI=1S/C23H27N3O5/c1-2-26(23(29)10-11-24-21(27)14-17-6-4-3-5-7-17)16-22(28)25-18-8-9-19-20(15-18)31-13-12-30-19/h3-9,15H,2,10-14,16H2,1H3,(H,24,27)(H,25,28). The number of anilines is 1. The third-order valence-corrected chi connectivity index (χ3v) is 4.76. The lowest BCUT2D eigenvalue weighted by molar-refractivity contribution is -0.134. The fourth-order valence-electron chi connectivity index (χ4n) is 3.18. The largest absolute Gasteiger partial charge is 0.486 e. The Balaban J connectivity index is 1.42. The van der Waals surface area contributed by atoms with Crippen molar-refractivity contribution in [2.24, 2.45) is 0 Å². The van der Waals surface area contributed by atoms with E-state index in [1.165, 1.54) is 4.90 Å². The molecule has 0 unspecified atom stereocenters. The molecule has 1 heterocycles. The van der Waals surface area contributed by atoms with Gasteiger partial charge < -0.3 is 25.0 Å². The lowest BCUT2D eigenvalue weighted by atomic mass is 10.1. The van der Waals surface area contributed by atoms with E-state index in [1.54, 1.807) is 18.2 Å². The number of rotatable bonds is 9. The molecule has 31 heavy (non-hydrogen) atoms. The van der Waals surface area contributed by atoms with Crippen molar-refractivity contribution in [1.29, 1.82) is 0 Å². The molecule has 0 radical (unpaired) electrons. The predicted molar refractivity (Wildman–Crippen MR) is 116 cm³/mol. The topological polar surface area (TPSA) is 97.0 Å². The number of nitrogens with one attached hydrogen (secondary N) is 2. The summed E-state index contributed by atoms with van der Waals surface area (Å²) in [5.74, 6) is 0.584. The van der Waals surface area contributed by atoms with Crippen LogP contribution in [0.4, 0.5) is 5.69 Å². The first-order chi connectivity index (χ1) is 15.0. The fraction of sp³-hybridized carbons (Fsp3) is 0.348. The van der Waals surface area contributed by atoms with E-state index in [4.69, 9.17) is 9.47 Å². The number of nitrogens with zero attached hydrogens (tertiary/aromatic N) is 1. The summed E-state index contributed by atoms with van der Waals surface area (Å²) in [5, 5.41) is 5.53. The van der Waals surface area contributed by atoms with Gasteiger partial charge >= 0.3 is 0 Å². The summed E-state index contributed by atoms with van der Waals surface area (Å²) in [5.41, 5.74) is 1.49.